The van der Waals surface area contributed by atoms with Gasteiger partial charge in [0.1, 0.15) is 5.75 Å². The van der Waals surface area contributed by atoms with Gasteiger partial charge in [-0.05, 0) is 55.4 Å². The van der Waals surface area contributed by atoms with E-state index >= 15 is 0 Å². The molecule has 6 nitrogen and oxygen atoms in total. The largest absolute Gasteiger partial charge is 0.437 e. The van der Waals surface area contributed by atoms with Crippen molar-refractivity contribution in [2.45, 2.75) is 51.0 Å². The van der Waals surface area contributed by atoms with Crippen molar-refractivity contribution >= 4 is 11.8 Å². The lowest BCUT2D eigenvalue weighted by molar-refractivity contribution is -0.125. The average molecular weight is 395 g/mol. The fourth-order valence-corrected chi connectivity index (χ4v) is 4.33. The summed E-state index contributed by atoms with van der Waals surface area (Å²) in [6.45, 7) is 6.94. The summed E-state index contributed by atoms with van der Waals surface area (Å²) in [6, 6.07) is 7.04. The van der Waals surface area contributed by atoms with E-state index in [1.807, 2.05) is 6.07 Å². The van der Waals surface area contributed by atoms with E-state index in [2.05, 4.69) is 28.6 Å². The second-order valence-corrected chi connectivity index (χ2v) is 8.02. The molecule has 2 heterocycles. The van der Waals surface area contributed by atoms with Gasteiger partial charge in [0.2, 0.25) is 11.8 Å². The lowest BCUT2D eigenvalue weighted by Crippen LogP contribution is -2.41. The second kappa shape index (κ2) is 8.82. The van der Waals surface area contributed by atoms with E-state index in [9.17, 15) is 4.79 Å². The lowest BCUT2D eigenvalue weighted by Gasteiger charge is -2.36. The summed E-state index contributed by atoms with van der Waals surface area (Å²) in [7, 11) is 0. The first kappa shape index (κ1) is 19.7. The minimum atomic E-state index is 0.0565. The van der Waals surface area contributed by atoms with Gasteiger partial charge in [0.05, 0.1) is 5.70 Å². The number of carbonyl (C=O) groups excluding carboxylic acids is 1. The van der Waals surface area contributed by atoms with Crippen molar-refractivity contribution in [3.63, 3.8) is 0 Å². The summed E-state index contributed by atoms with van der Waals surface area (Å²) in [5.41, 5.74) is 8.67. The molecule has 1 aromatic carbocycles. The molecule has 0 unspecified atom stereocenters. The number of carbonyl (C=O) groups is 1. The van der Waals surface area contributed by atoms with E-state index in [4.69, 9.17) is 10.5 Å². The van der Waals surface area contributed by atoms with E-state index in [1.54, 1.807) is 4.90 Å². The zero-order valence-electron chi connectivity index (χ0n) is 17.0. The molecule has 1 saturated heterocycles. The highest BCUT2D eigenvalue weighted by Gasteiger charge is 2.28. The Morgan fingerprint density at radius 2 is 1.93 bits per heavy atom. The Labute approximate surface area is 172 Å². The van der Waals surface area contributed by atoms with Gasteiger partial charge in [-0.15, -0.1) is 0 Å². The van der Waals surface area contributed by atoms with Crippen LogP contribution in [0.2, 0.25) is 0 Å². The standard InChI is InChI=1S/C23H30N4O2/c1-17(27-13-3-6-22(27)28)23(25-12-11-24)29-21-8-7-18-9-14-26(20-4-2-5-20)15-10-19(18)16-21/h7-8,11-12,16,20H,1-6,9-10,13-15,24H2/b12-11-,25-23+. The fourth-order valence-electron chi connectivity index (χ4n) is 4.33. The first-order valence-corrected chi connectivity index (χ1v) is 10.6. The number of hydrogen-bond acceptors (Lipinski definition) is 5. The molecule has 0 atom stereocenters. The molecule has 1 aromatic rings. The van der Waals surface area contributed by atoms with Crippen LogP contribution >= 0.6 is 0 Å². The Balaban J connectivity index is 1.49. The number of likely N-dealkylation sites (tertiary alicyclic amines) is 1. The van der Waals surface area contributed by atoms with Crippen LogP contribution in [0.15, 0.2) is 47.9 Å². The van der Waals surface area contributed by atoms with Gasteiger partial charge in [0.25, 0.3) is 0 Å². The van der Waals surface area contributed by atoms with Crippen LogP contribution in [0.25, 0.3) is 0 Å². The summed E-state index contributed by atoms with van der Waals surface area (Å²) in [5.74, 6) is 1.09. The predicted octanol–water partition coefficient (Wildman–Crippen LogP) is 2.98. The SMILES string of the molecule is C=C(/C(=N\C=C/N)Oc1ccc2c(c1)CCN(C1CCC1)CC2)N1CCCC1=O. The number of fused-ring (bicyclic) bond motifs is 1. The van der Waals surface area contributed by atoms with Crippen molar-refractivity contribution in [3.8, 4) is 5.75 Å². The van der Waals surface area contributed by atoms with E-state index in [1.165, 1.54) is 42.8 Å². The molecule has 2 fully saturated rings. The quantitative estimate of drug-likeness (QED) is 0.616. The predicted molar refractivity (Wildman–Crippen MR) is 115 cm³/mol. The van der Waals surface area contributed by atoms with Gasteiger partial charge >= 0.3 is 0 Å². The van der Waals surface area contributed by atoms with Crippen molar-refractivity contribution < 1.29 is 9.53 Å². The van der Waals surface area contributed by atoms with Crippen LogP contribution in [0.1, 0.15) is 43.2 Å². The average Bonchev–Trinajstić information content (AvgIpc) is 3.01. The summed E-state index contributed by atoms with van der Waals surface area (Å²) in [4.78, 5) is 20.7. The molecule has 2 aliphatic heterocycles. The molecule has 1 saturated carbocycles. The maximum absolute atomic E-state index is 12.1. The number of benzene rings is 1. The van der Waals surface area contributed by atoms with E-state index in [-0.39, 0.29) is 5.91 Å². The number of nitrogens with two attached hydrogens (primary N) is 1. The van der Waals surface area contributed by atoms with Crippen LogP contribution in [0.3, 0.4) is 0 Å². The van der Waals surface area contributed by atoms with Crippen molar-refractivity contribution in [2.75, 3.05) is 19.6 Å². The summed E-state index contributed by atoms with van der Waals surface area (Å²) >= 11 is 0. The zero-order valence-corrected chi connectivity index (χ0v) is 17.0. The topological polar surface area (TPSA) is 71.2 Å². The Hall–Kier alpha value is -2.60. The smallest absolute Gasteiger partial charge is 0.242 e. The molecule has 0 bridgehead atoms. The lowest BCUT2D eigenvalue weighted by atomic mass is 9.91. The molecule has 1 aliphatic carbocycles. The van der Waals surface area contributed by atoms with E-state index in [0.29, 0.717) is 24.6 Å². The van der Waals surface area contributed by atoms with Crippen LogP contribution in [-0.4, -0.2) is 47.3 Å². The van der Waals surface area contributed by atoms with Crippen molar-refractivity contribution in [1.82, 2.24) is 9.80 Å². The number of nitrogens with zero attached hydrogens (tertiary/aromatic N) is 3. The molecular weight excluding hydrogens is 364 g/mol. The highest BCUT2D eigenvalue weighted by molar-refractivity contribution is 5.99. The van der Waals surface area contributed by atoms with E-state index < -0.39 is 0 Å². The minimum Gasteiger partial charge on any atom is -0.437 e. The van der Waals surface area contributed by atoms with Gasteiger partial charge in [-0.1, -0.05) is 19.1 Å². The fraction of sp³-hybridized carbons (Fsp3) is 0.478. The van der Waals surface area contributed by atoms with Crippen molar-refractivity contribution in [2.24, 2.45) is 10.7 Å². The Morgan fingerprint density at radius 3 is 2.59 bits per heavy atom. The number of aliphatic imine (C=N–C) groups is 1. The Bertz CT molecular complexity index is 841. The summed E-state index contributed by atoms with van der Waals surface area (Å²) in [5, 5.41) is 0. The zero-order chi connectivity index (χ0) is 20.2. The molecular formula is C23H30N4O2. The molecule has 0 radical (unpaired) electrons. The second-order valence-electron chi connectivity index (χ2n) is 8.02. The molecule has 2 N–H and O–H groups in total. The third-order valence-corrected chi connectivity index (χ3v) is 6.24. The number of amides is 1. The summed E-state index contributed by atoms with van der Waals surface area (Å²) in [6.07, 6.45) is 10.3. The van der Waals surface area contributed by atoms with Crippen LogP contribution in [0.4, 0.5) is 0 Å². The van der Waals surface area contributed by atoms with Crippen molar-refractivity contribution in [1.29, 1.82) is 0 Å². The highest BCUT2D eigenvalue weighted by Crippen LogP contribution is 2.29. The molecule has 0 aromatic heterocycles. The molecule has 4 rings (SSSR count). The van der Waals surface area contributed by atoms with Gasteiger partial charge in [-0.2, -0.15) is 0 Å². The van der Waals surface area contributed by atoms with Gasteiger partial charge in [-0.3, -0.25) is 9.69 Å². The molecule has 6 heteroatoms. The normalized spacial score (nSPS) is 21.2. The highest BCUT2D eigenvalue weighted by atomic mass is 16.5. The van der Waals surface area contributed by atoms with Crippen LogP contribution < -0.4 is 10.5 Å². The molecule has 154 valence electrons. The monoisotopic (exact) mass is 394 g/mol. The first-order chi connectivity index (χ1) is 14.2. The number of ether oxygens (including phenoxy) is 1. The van der Waals surface area contributed by atoms with Crippen LogP contribution in [-0.2, 0) is 17.6 Å². The Kier molecular flexibility index (Phi) is 6.00. The van der Waals surface area contributed by atoms with Gasteiger partial charge in [0.15, 0.2) is 0 Å². The van der Waals surface area contributed by atoms with Crippen LogP contribution in [0, 0.1) is 0 Å². The first-order valence-electron chi connectivity index (χ1n) is 10.6. The number of hydrogen-bond donors (Lipinski definition) is 1. The van der Waals surface area contributed by atoms with Crippen LogP contribution in [0.5, 0.6) is 5.75 Å². The molecule has 0 spiro atoms. The maximum Gasteiger partial charge on any atom is 0.242 e. The summed E-state index contributed by atoms with van der Waals surface area (Å²) < 4.78 is 6.09. The third-order valence-electron chi connectivity index (χ3n) is 6.24. The molecule has 29 heavy (non-hydrogen) atoms. The number of rotatable bonds is 5. The van der Waals surface area contributed by atoms with E-state index in [0.717, 1.165) is 44.1 Å². The van der Waals surface area contributed by atoms with Crippen molar-refractivity contribution in [3.05, 3.63) is 54.0 Å². The van der Waals surface area contributed by atoms with Gasteiger partial charge in [0, 0.05) is 44.5 Å². The minimum absolute atomic E-state index is 0.0565. The maximum atomic E-state index is 12.1. The molecule has 1 amide bonds. The van der Waals surface area contributed by atoms with Gasteiger partial charge < -0.3 is 15.4 Å². The molecule has 3 aliphatic rings. The van der Waals surface area contributed by atoms with Gasteiger partial charge in [-0.25, -0.2) is 4.99 Å². The Morgan fingerprint density at radius 1 is 1.14 bits per heavy atom. The third kappa shape index (κ3) is 4.37.